The first kappa shape index (κ1) is 29.5. The number of nitrogens with zero attached hydrogens (tertiary/aromatic N) is 1. The van der Waals surface area contributed by atoms with Gasteiger partial charge >= 0.3 is 51.4 Å². The van der Waals surface area contributed by atoms with E-state index < -0.39 is 5.82 Å². The summed E-state index contributed by atoms with van der Waals surface area (Å²) in [5.74, 6) is -0.0848. The predicted molar refractivity (Wildman–Crippen MR) is 112 cm³/mol. The Labute approximate surface area is 218 Å². The van der Waals surface area contributed by atoms with Crippen LogP contribution in [-0.4, -0.2) is 23.8 Å². The molecule has 1 aliphatic heterocycles. The van der Waals surface area contributed by atoms with E-state index >= 15 is 0 Å². The summed E-state index contributed by atoms with van der Waals surface area (Å²) in [7, 11) is 0. The molecule has 0 saturated carbocycles. The van der Waals surface area contributed by atoms with Gasteiger partial charge in [0.2, 0.25) is 0 Å². The molecule has 1 heterocycles. The number of allylic oxidation sites excluding steroid dienone is 1. The van der Waals surface area contributed by atoms with E-state index in [1.165, 1.54) is 25.1 Å². The van der Waals surface area contributed by atoms with Crippen LogP contribution in [0.4, 0.5) is 4.39 Å². The second kappa shape index (κ2) is 15.2. The molecule has 2 rings (SSSR count). The topological polar surface area (TPSA) is 141 Å². The number of nitrogens with two attached hydrogens (primary N) is 3. The summed E-state index contributed by atoms with van der Waals surface area (Å²) in [4.78, 5) is 1.85. The third-order valence-corrected chi connectivity index (χ3v) is 3.86. The summed E-state index contributed by atoms with van der Waals surface area (Å²) in [6.07, 6.45) is 1.43. The Balaban J connectivity index is 0. The van der Waals surface area contributed by atoms with Crippen LogP contribution in [0, 0.1) is 11.2 Å². The van der Waals surface area contributed by atoms with E-state index in [2.05, 4.69) is 5.32 Å². The van der Waals surface area contributed by atoms with Crippen LogP contribution >= 0.6 is 23.2 Å². The Kier molecular flexibility index (Phi) is 16.0. The van der Waals surface area contributed by atoms with Crippen molar-refractivity contribution in [2.24, 2.45) is 17.2 Å². The third kappa shape index (κ3) is 10.2. The Hall–Kier alpha value is -0.684. The summed E-state index contributed by atoms with van der Waals surface area (Å²) >= 11 is 12.1. The average molecular weight is 458 g/mol. The smallest absolute Gasteiger partial charge is 0.495 e. The maximum Gasteiger partial charge on any atom is 1.00 e. The summed E-state index contributed by atoms with van der Waals surface area (Å²) in [6, 6.07) is 2.68. The Bertz CT molecular complexity index is 703. The molecule has 0 radical (unpaired) electrons. The zero-order valence-electron chi connectivity index (χ0n) is 16.7. The van der Waals surface area contributed by atoms with Gasteiger partial charge < -0.3 is 33.2 Å². The van der Waals surface area contributed by atoms with Gasteiger partial charge in [0.1, 0.15) is 11.6 Å². The molecule has 0 fully saturated rings. The van der Waals surface area contributed by atoms with E-state index in [9.17, 15) is 4.39 Å². The first-order valence-corrected chi connectivity index (χ1v) is 8.99. The molecule has 1 aromatic rings. The fourth-order valence-corrected chi connectivity index (χ4v) is 2.58. The Morgan fingerprint density at radius 1 is 1.36 bits per heavy atom. The monoisotopic (exact) mass is 457 g/mol. The third-order valence-electron chi connectivity index (χ3n) is 3.09. The number of hydrogen-bond acceptors (Lipinski definition) is 5. The molecule has 9 N–H and O–H groups in total. The van der Waals surface area contributed by atoms with E-state index in [-0.39, 0.29) is 74.6 Å². The molecule has 0 aliphatic carbocycles. The van der Waals surface area contributed by atoms with Crippen LogP contribution in [0.5, 0.6) is 0 Å². The van der Waals surface area contributed by atoms with Crippen molar-refractivity contribution in [3.8, 4) is 0 Å². The first-order valence-electron chi connectivity index (χ1n) is 8.23. The number of halogens is 3. The Morgan fingerprint density at radius 3 is 2.39 bits per heavy atom. The number of hydrogen-bond donors (Lipinski definition) is 5. The largest absolute Gasteiger partial charge is 1.00 e. The fourth-order valence-electron chi connectivity index (χ4n) is 2.09. The van der Waals surface area contributed by atoms with Crippen LogP contribution in [0.1, 0.15) is 26.3 Å². The molecule has 0 saturated heterocycles. The summed E-state index contributed by atoms with van der Waals surface area (Å²) in [5, 5.41) is 9.63. The van der Waals surface area contributed by atoms with E-state index in [4.69, 9.17) is 51.5 Å². The molecule has 0 atom stereocenters. The van der Waals surface area contributed by atoms with Crippen molar-refractivity contribution in [3.63, 3.8) is 0 Å². The molecular weight excluding hydrogens is 431 g/mol. The SMILES string of the molecule is CC.CC(=N)N.[K+].[NH-]/C(N)=C/C1=C(N)NCCN1Cc1c(Cl)ccc(F)c1Cl. The van der Waals surface area contributed by atoms with Gasteiger partial charge in [-0.3, -0.25) is 5.41 Å². The minimum atomic E-state index is -0.528. The first-order chi connectivity index (χ1) is 12.6. The molecule has 0 aromatic heterocycles. The second-order valence-electron chi connectivity index (χ2n) is 5.25. The number of amidine groups is 1. The second-order valence-corrected chi connectivity index (χ2v) is 6.04. The minimum Gasteiger partial charge on any atom is -0.495 e. The van der Waals surface area contributed by atoms with Crippen molar-refractivity contribution in [3.05, 3.63) is 62.7 Å². The van der Waals surface area contributed by atoms with Crippen molar-refractivity contribution in [2.75, 3.05) is 13.1 Å². The molecule has 1 aliphatic rings. The van der Waals surface area contributed by atoms with Crippen molar-refractivity contribution < 1.29 is 55.8 Å². The average Bonchev–Trinajstić information content (AvgIpc) is 2.59. The summed E-state index contributed by atoms with van der Waals surface area (Å²) in [5.41, 5.74) is 24.4. The molecule has 1 aromatic carbocycles. The molecule has 0 bridgehead atoms. The van der Waals surface area contributed by atoms with Gasteiger partial charge in [-0.15, -0.1) is 0 Å². The summed E-state index contributed by atoms with van der Waals surface area (Å²) in [6.45, 7) is 7.02. The van der Waals surface area contributed by atoms with E-state index in [1.54, 1.807) is 0 Å². The fraction of sp³-hybridized carbons (Fsp3) is 0.353. The molecule has 0 spiro atoms. The van der Waals surface area contributed by atoms with Gasteiger partial charge in [-0.2, -0.15) is 0 Å². The summed E-state index contributed by atoms with van der Waals surface area (Å²) < 4.78 is 13.6. The van der Waals surface area contributed by atoms with Crippen LogP contribution < -0.4 is 73.9 Å². The van der Waals surface area contributed by atoms with Gasteiger partial charge in [-0.25, -0.2) is 4.39 Å². The van der Waals surface area contributed by atoms with E-state index in [1.807, 2.05) is 18.7 Å². The maximum atomic E-state index is 13.6. The van der Waals surface area contributed by atoms with Gasteiger partial charge in [0, 0.05) is 30.2 Å². The van der Waals surface area contributed by atoms with E-state index in [0.29, 0.717) is 35.2 Å². The number of benzene rings is 1. The van der Waals surface area contributed by atoms with E-state index in [0.717, 1.165) is 0 Å². The molecule has 28 heavy (non-hydrogen) atoms. The zero-order chi connectivity index (χ0) is 21.1. The normalized spacial score (nSPS) is 13.2. The zero-order valence-corrected chi connectivity index (χ0v) is 21.3. The van der Waals surface area contributed by atoms with Crippen LogP contribution in [-0.2, 0) is 6.54 Å². The number of rotatable bonds is 3. The van der Waals surface area contributed by atoms with Gasteiger partial charge in [-0.1, -0.05) is 42.9 Å². The molecule has 0 amide bonds. The van der Waals surface area contributed by atoms with Crippen molar-refractivity contribution in [2.45, 2.75) is 27.3 Å². The van der Waals surface area contributed by atoms with Crippen molar-refractivity contribution in [1.82, 2.24) is 10.2 Å². The standard InChI is InChI=1S/C13H15Cl2FN5.C2H6N2.C2H6.K/c14-8-1-2-9(16)12(15)7(8)6-21-4-3-20-13(19)10(21)5-11(17)18;1-2(3)4;1-2;/h1-2,5,17,20H,3-4,6,18-19H2;1H3,(H3,3,4);1-2H3;/q-1;;;+1/b11-5-;;;. The molecule has 11 heteroatoms. The van der Waals surface area contributed by atoms with Crippen LogP contribution in [0.2, 0.25) is 10.0 Å². The molecular formula is C17H27Cl2FKN7. The van der Waals surface area contributed by atoms with Crippen molar-refractivity contribution in [1.29, 1.82) is 5.41 Å². The molecule has 0 unspecified atom stereocenters. The predicted octanol–water partition coefficient (Wildman–Crippen LogP) is 0.490. The van der Waals surface area contributed by atoms with Gasteiger partial charge in [0.05, 0.1) is 16.6 Å². The molecule has 7 nitrogen and oxygen atoms in total. The maximum absolute atomic E-state index is 13.6. The minimum absolute atomic E-state index is 0. The Morgan fingerprint density at radius 2 is 1.89 bits per heavy atom. The van der Waals surface area contributed by atoms with Gasteiger partial charge in [0.15, 0.2) is 0 Å². The quantitative estimate of drug-likeness (QED) is 0.194. The van der Waals surface area contributed by atoms with Gasteiger partial charge in [0.25, 0.3) is 0 Å². The van der Waals surface area contributed by atoms with Crippen molar-refractivity contribution >= 4 is 29.0 Å². The van der Waals surface area contributed by atoms with Crippen LogP contribution in [0.25, 0.3) is 5.73 Å². The van der Waals surface area contributed by atoms with Crippen LogP contribution in [0.15, 0.2) is 35.5 Å². The van der Waals surface area contributed by atoms with Crippen LogP contribution in [0.3, 0.4) is 0 Å². The molecule has 152 valence electrons. The van der Waals surface area contributed by atoms with Gasteiger partial charge in [-0.05, 0) is 25.1 Å². The number of nitrogens with one attached hydrogen (secondary N) is 3.